The molecule has 3 rings (SSSR count). The number of aromatic nitrogens is 1. The van der Waals surface area contributed by atoms with Gasteiger partial charge in [-0.05, 0) is 62.7 Å². The molecule has 2 saturated heterocycles. The molecule has 10 heteroatoms. The highest BCUT2D eigenvalue weighted by Crippen LogP contribution is 2.24. The van der Waals surface area contributed by atoms with Gasteiger partial charge in [0.2, 0.25) is 11.8 Å². The summed E-state index contributed by atoms with van der Waals surface area (Å²) in [6, 6.07) is 0.756. The maximum Gasteiger partial charge on any atom is 0.305 e. The van der Waals surface area contributed by atoms with E-state index in [9.17, 15) is 23.9 Å². The maximum absolute atomic E-state index is 13.0. The first-order valence-corrected chi connectivity index (χ1v) is 12.1. The standard InChI is InChI=1S/C24H35FN4O5/c25-7-11-34-20-12-19(14-27-15-20)21(13-23(31)32)28-24(33)18-2-1-10-29(16-18)22(30)4-3-17-5-8-26-9-6-17/h12,14-15,17-18,21,26H,1-11,13,16H2,(H,28,33)(H,31,32)/t18-,21?/m1/s1. The number of carboxylic acids is 1. The minimum absolute atomic E-state index is 0.0834. The number of hydrogen-bond acceptors (Lipinski definition) is 6. The lowest BCUT2D eigenvalue weighted by Crippen LogP contribution is -2.46. The third-order valence-corrected chi connectivity index (χ3v) is 6.55. The minimum atomic E-state index is -1.07. The maximum atomic E-state index is 13.0. The lowest BCUT2D eigenvalue weighted by molar-refractivity contribution is -0.138. The zero-order valence-electron chi connectivity index (χ0n) is 19.5. The predicted molar refractivity (Wildman–Crippen MR) is 123 cm³/mol. The van der Waals surface area contributed by atoms with Crippen LogP contribution in [-0.2, 0) is 14.4 Å². The number of carboxylic acid groups (broad SMARTS) is 1. The Kier molecular flexibility index (Phi) is 10.1. The molecule has 2 aliphatic rings. The van der Waals surface area contributed by atoms with Crippen LogP contribution in [-0.4, -0.2) is 72.2 Å². The van der Waals surface area contributed by atoms with Gasteiger partial charge in [0, 0.05) is 25.7 Å². The van der Waals surface area contributed by atoms with Gasteiger partial charge in [0.25, 0.3) is 0 Å². The first kappa shape index (κ1) is 25.9. The van der Waals surface area contributed by atoms with Crippen molar-refractivity contribution in [2.45, 2.75) is 51.0 Å². The quantitative estimate of drug-likeness (QED) is 0.445. The summed E-state index contributed by atoms with van der Waals surface area (Å²) in [5.41, 5.74) is 0.470. The number of pyridine rings is 1. The highest BCUT2D eigenvalue weighted by atomic mass is 19.1. The highest BCUT2D eigenvalue weighted by Gasteiger charge is 2.30. The summed E-state index contributed by atoms with van der Waals surface area (Å²) in [6.45, 7) is 2.20. The fraction of sp³-hybridized carbons (Fsp3) is 0.667. The van der Waals surface area contributed by atoms with Crippen molar-refractivity contribution in [3.05, 3.63) is 24.0 Å². The molecule has 0 aliphatic carbocycles. The molecule has 188 valence electrons. The number of nitrogens with one attached hydrogen (secondary N) is 2. The van der Waals surface area contributed by atoms with E-state index in [0.29, 0.717) is 43.2 Å². The van der Waals surface area contributed by atoms with Crippen molar-refractivity contribution in [2.75, 3.05) is 39.5 Å². The number of rotatable bonds is 11. The number of hydrogen-bond donors (Lipinski definition) is 3. The number of carbonyl (C=O) groups excluding carboxylic acids is 2. The number of amides is 2. The second kappa shape index (κ2) is 13.2. The number of alkyl halides is 1. The van der Waals surface area contributed by atoms with E-state index in [2.05, 4.69) is 15.6 Å². The molecule has 9 nitrogen and oxygen atoms in total. The highest BCUT2D eigenvalue weighted by molar-refractivity contribution is 5.82. The van der Waals surface area contributed by atoms with Crippen LogP contribution >= 0.6 is 0 Å². The third kappa shape index (κ3) is 7.93. The van der Waals surface area contributed by atoms with E-state index in [4.69, 9.17) is 4.74 Å². The zero-order valence-corrected chi connectivity index (χ0v) is 19.5. The SMILES string of the molecule is O=C(O)CC(NC(=O)[C@@H]1CCCN(C(=O)CCC2CCNCC2)C1)c1cncc(OCCF)c1. The van der Waals surface area contributed by atoms with Crippen LogP contribution in [0.2, 0.25) is 0 Å². The topological polar surface area (TPSA) is 121 Å². The van der Waals surface area contributed by atoms with Gasteiger partial charge in [-0.15, -0.1) is 0 Å². The Balaban J connectivity index is 1.57. The summed E-state index contributed by atoms with van der Waals surface area (Å²) in [5, 5.41) is 15.5. The summed E-state index contributed by atoms with van der Waals surface area (Å²) < 4.78 is 17.6. The summed E-state index contributed by atoms with van der Waals surface area (Å²) in [5.74, 6) is -0.783. The Hall–Kier alpha value is -2.75. The fourth-order valence-electron chi connectivity index (χ4n) is 4.65. The van der Waals surface area contributed by atoms with Crippen LogP contribution in [0.25, 0.3) is 0 Å². The normalized spacial score (nSPS) is 19.9. The predicted octanol–water partition coefficient (Wildman–Crippen LogP) is 2.08. The van der Waals surface area contributed by atoms with E-state index >= 15 is 0 Å². The number of halogens is 1. The zero-order chi connectivity index (χ0) is 24.3. The van der Waals surface area contributed by atoms with Gasteiger partial charge < -0.3 is 25.4 Å². The van der Waals surface area contributed by atoms with Crippen molar-refractivity contribution in [3.63, 3.8) is 0 Å². The molecule has 0 bridgehead atoms. The molecule has 0 radical (unpaired) electrons. The van der Waals surface area contributed by atoms with Crippen LogP contribution in [0.1, 0.15) is 56.6 Å². The van der Waals surface area contributed by atoms with Crippen LogP contribution < -0.4 is 15.4 Å². The Bertz CT molecular complexity index is 833. The number of nitrogens with zero attached hydrogens (tertiary/aromatic N) is 2. The molecule has 2 atom stereocenters. The summed E-state index contributed by atoms with van der Waals surface area (Å²) in [4.78, 5) is 43.1. The van der Waals surface area contributed by atoms with Crippen molar-refractivity contribution in [1.29, 1.82) is 0 Å². The van der Waals surface area contributed by atoms with E-state index in [1.54, 1.807) is 11.0 Å². The Morgan fingerprint density at radius 3 is 2.79 bits per heavy atom. The number of ether oxygens (including phenoxy) is 1. The second-order valence-corrected chi connectivity index (χ2v) is 9.06. The van der Waals surface area contributed by atoms with E-state index < -0.39 is 24.6 Å². The molecule has 2 fully saturated rings. The second-order valence-electron chi connectivity index (χ2n) is 9.06. The van der Waals surface area contributed by atoms with Crippen LogP contribution in [0, 0.1) is 11.8 Å². The monoisotopic (exact) mass is 478 g/mol. The molecule has 0 aromatic carbocycles. The fourth-order valence-corrected chi connectivity index (χ4v) is 4.65. The average molecular weight is 479 g/mol. The van der Waals surface area contributed by atoms with E-state index in [1.165, 1.54) is 12.4 Å². The lowest BCUT2D eigenvalue weighted by atomic mass is 9.92. The summed E-state index contributed by atoms with van der Waals surface area (Å²) in [7, 11) is 0. The molecule has 0 spiro atoms. The number of carbonyl (C=O) groups is 3. The number of likely N-dealkylation sites (tertiary alicyclic amines) is 1. The molecule has 2 aliphatic heterocycles. The van der Waals surface area contributed by atoms with Gasteiger partial charge in [-0.25, -0.2) is 4.39 Å². The average Bonchev–Trinajstić information content (AvgIpc) is 2.86. The molecule has 3 heterocycles. The van der Waals surface area contributed by atoms with Crippen LogP contribution in [0.3, 0.4) is 0 Å². The van der Waals surface area contributed by atoms with Gasteiger partial charge in [0.15, 0.2) is 0 Å². The Labute approximate surface area is 199 Å². The molecule has 1 aromatic heterocycles. The summed E-state index contributed by atoms with van der Waals surface area (Å²) >= 11 is 0. The Morgan fingerprint density at radius 2 is 2.06 bits per heavy atom. The molecule has 1 unspecified atom stereocenters. The largest absolute Gasteiger partial charge is 0.489 e. The first-order chi connectivity index (χ1) is 16.5. The molecule has 3 N–H and O–H groups in total. The van der Waals surface area contributed by atoms with E-state index in [0.717, 1.165) is 38.8 Å². The van der Waals surface area contributed by atoms with Crippen LogP contribution in [0.5, 0.6) is 5.75 Å². The third-order valence-electron chi connectivity index (χ3n) is 6.55. The molecule has 0 saturated carbocycles. The van der Waals surface area contributed by atoms with Crippen molar-refractivity contribution >= 4 is 17.8 Å². The smallest absolute Gasteiger partial charge is 0.305 e. The van der Waals surface area contributed by atoms with Gasteiger partial charge >= 0.3 is 5.97 Å². The van der Waals surface area contributed by atoms with Crippen molar-refractivity contribution in [3.8, 4) is 5.75 Å². The van der Waals surface area contributed by atoms with Gasteiger partial charge in [-0.1, -0.05) is 0 Å². The van der Waals surface area contributed by atoms with Crippen molar-refractivity contribution in [1.82, 2.24) is 20.5 Å². The van der Waals surface area contributed by atoms with E-state index in [1.807, 2.05) is 0 Å². The molecule has 2 amide bonds. The molecule has 34 heavy (non-hydrogen) atoms. The molecule has 1 aromatic rings. The molecular formula is C24H35FN4O5. The minimum Gasteiger partial charge on any atom is -0.489 e. The number of piperidine rings is 2. The van der Waals surface area contributed by atoms with E-state index in [-0.39, 0.29) is 24.8 Å². The van der Waals surface area contributed by atoms with Gasteiger partial charge in [-0.3, -0.25) is 19.4 Å². The Morgan fingerprint density at radius 1 is 1.26 bits per heavy atom. The van der Waals surface area contributed by atoms with Crippen LogP contribution in [0.4, 0.5) is 4.39 Å². The van der Waals surface area contributed by atoms with Crippen LogP contribution in [0.15, 0.2) is 18.5 Å². The lowest BCUT2D eigenvalue weighted by Gasteiger charge is -2.33. The van der Waals surface area contributed by atoms with Crippen molar-refractivity contribution in [2.24, 2.45) is 11.8 Å². The van der Waals surface area contributed by atoms with Gasteiger partial charge in [0.05, 0.1) is 24.6 Å². The van der Waals surface area contributed by atoms with Gasteiger partial charge in [-0.2, -0.15) is 0 Å². The van der Waals surface area contributed by atoms with Gasteiger partial charge in [0.1, 0.15) is 19.0 Å². The molecular weight excluding hydrogens is 443 g/mol. The van der Waals surface area contributed by atoms with Crippen molar-refractivity contribution < 1.29 is 28.6 Å². The number of aliphatic carboxylic acids is 1. The first-order valence-electron chi connectivity index (χ1n) is 12.1. The summed E-state index contributed by atoms with van der Waals surface area (Å²) in [6.07, 6.45) is 7.49.